The Kier molecular flexibility index (Phi) is 6.92. The molecule has 6 nitrogen and oxygen atoms in total. The minimum atomic E-state index is -3.36. The summed E-state index contributed by atoms with van der Waals surface area (Å²) in [5, 5.41) is 5.15. The van der Waals surface area contributed by atoms with E-state index >= 15 is 0 Å². The van der Waals surface area contributed by atoms with Gasteiger partial charge in [-0.2, -0.15) is 0 Å². The minimum absolute atomic E-state index is 0.143. The molecule has 0 saturated carbocycles. The number of sulfone groups is 1. The van der Waals surface area contributed by atoms with Crippen molar-refractivity contribution in [2.24, 2.45) is 0 Å². The number of anilines is 1. The third-order valence-electron chi connectivity index (χ3n) is 3.61. The average molecular weight is 413 g/mol. The molecule has 0 fully saturated rings. The summed E-state index contributed by atoms with van der Waals surface area (Å²) in [7, 11) is -3.36. The lowest BCUT2D eigenvalue weighted by Gasteiger charge is -2.18. The van der Waals surface area contributed by atoms with Crippen molar-refractivity contribution < 1.29 is 22.4 Å². The molecule has 2 aromatic carbocycles. The molecular formula is C18H18ClFN2O4S. The van der Waals surface area contributed by atoms with Gasteiger partial charge in [0.2, 0.25) is 5.91 Å². The van der Waals surface area contributed by atoms with Gasteiger partial charge in [-0.25, -0.2) is 12.8 Å². The van der Waals surface area contributed by atoms with Crippen LogP contribution in [-0.4, -0.2) is 38.3 Å². The van der Waals surface area contributed by atoms with Gasteiger partial charge in [-0.15, -0.1) is 0 Å². The fourth-order valence-electron chi connectivity index (χ4n) is 2.28. The smallest absolute Gasteiger partial charge is 0.253 e. The van der Waals surface area contributed by atoms with Crippen molar-refractivity contribution in [3.05, 3.63) is 64.9 Å². The van der Waals surface area contributed by atoms with E-state index < -0.39 is 33.5 Å². The van der Waals surface area contributed by atoms with Crippen LogP contribution in [0.25, 0.3) is 0 Å². The van der Waals surface area contributed by atoms with Gasteiger partial charge in [-0.05, 0) is 36.8 Å². The predicted octanol–water partition coefficient (Wildman–Crippen LogP) is 2.65. The molecular weight excluding hydrogens is 395 g/mol. The summed E-state index contributed by atoms with van der Waals surface area (Å²) in [6, 6.07) is 10.3. The number of benzene rings is 2. The van der Waals surface area contributed by atoms with Crippen LogP contribution in [0.2, 0.25) is 5.02 Å². The quantitative estimate of drug-likeness (QED) is 0.731. The number of hydrogen-bond donors (Lipinski definition) is 2. The second kappa shape index (κ2) is 8.96. The second-order valence-corrected chi connectivity index (χ2v) is 8.59. The van der Waals surface area contributed by atoms with Crippen LogP contribution in [0.4, 0.5) is 10.1 Å². The van der Waals surface area contributed by atoms with Gasteiger partial charge in [0.15, 0.2) is 0 Å². The lowest BCUT2D eigenvalue weighted by Crippen LogP contribution is -2.44. The predicted molar refractivity (Wildman–Crippen MR) is 102 cm³/mol. The van der Waals surface area contributed by atoms with Gasteiger partial charge in [0, 0.05) is 11.9 Å². The molecule has 0 bridgehead atoms. The molecule has 0 heterocycles. The van der Waals surface area contributed by atoms with E-state index in [0.717, 1.165) is 12.3 Å². The molecule has 0 aromatic heterocycles. The molecule has 2 rings (SSSR count). The SMILES string of the molecule is CS(=O)(=O)CC[C@H](NC(=O)c1ccccc1Cl)C(=O)Nc1cccc(F)c1. The van der Waals surface area contributed by atoms with Crippen molar-refractivity contribution in [2.45, 2.75) is 12.5 Å². The van der Waals surface area contributed by atoms with Crippen LogP contribution in [0.1, 0.15) is 16.8 Å². The maximum Gasteiger partial charge on any atom is 0.253 e. The fraction of sp³-hybridized carbons (Fsp3) is 0.222. The first kappa shape index (κ1) is 20.9. The van der Waals surface area contributed by atoms with E-state index in [0.29, 0.717) is 0 Å². The normalized spacial score (nSPS) is 12.3. The van der Waals surface area contributed by atoms with Gasteiger partial charge in [0.05, 0.1) is 16.3 Å². The van der Waals surface area contributed by atoms with Crippen molar-refractivity contribution in [3.8, 4) is 0 Å². The van der Waals surface area contributed by atoms with Crippen LogP contribution in [-0.2, 0) is 14.6 Å². The van der Waals surface area contributed by atoms with E-state index in [1.54, 1.807) is 12.1 Å². The molecule has 0 unspecified atom stereocenters. The standard InChI is InChI=1S/C18H18ClFN2O4S/c1-27(25,26)10-9-16(18(24)21-13-6-4-5-12(20)11-13)22-17(23)14-7-2-3-8-15(14)19/h2-8,11,16H,9-10H2,1H3,(H,21,24)(H,22,23)/t16-/m0/s1. The zero-order valence-electron chi connectivity index (χ0n) is 14.4. The molecule has 9 heteroatoms. The summed E-state index contributed by atoms with van der Waals surface area (Å²) >= 11 is 5.98. The number of hydrogen-bond acceptors (Lipinski definition) is 4. The second-order valence-electron chi connectivity index (χ2n) is 5.92. The first-order chi connectivity index (χ1) is 12.7. The van der Waals surface area contributed by atoms with Crippen LogP contribution >= 0.6 is 11.6 Å². The molecule has 144 valence electrons. The third-order valence-corrected chi connectivity index (χ3v) is 4.92. The fourth-order valence-corrected chi connectivity index (χ4v) is 3.16. The third kappa shape index (κ3) is 6.65. The van der Waals surface area contributed by atoms with E-state index in [9.17, 15) is 22.4 Å². The summed E-state index contributed by atoms with van der Waals surface area (Å²) in [5.41, 5.74) is 0.346. The number of halogens is 2. The van der Waals surface area contributed by atoms with Gasteiger partial charge in [0.1, 0.15) is 21.7 Å². The molecule has 27 heavy (non-hydrogen) atoms. The molecule has 2 N–H and O–H groups in total. The molecule has 1 atom stereocenters. The first-order valence-electron chi connectivity index (χ1n) is 7.95. The number of rotatable bonds is 7. The van der Waals surface area contributed by atoms with Gasteiger partial charge in [-0.1, -0.05) is 29.8 Å². The Hall–Kier alpha value is -2.45. The first-order valence-corrected chi connectivity index (χ1v) is 10.4. The van der Waals surface area contributed by atoms with Crippen LogP contribution in [0.3, 0.4) is 0 Å². The number of carbonyl (C=O) groups is 2. The average Bonchev–Trinajstić information content (AvgIpc) is 2.58. The Morgan fingerprint density at radius 1 is 1.15 bits per heavy atom. The molecule has 0 aliphatic heterocycles. The van der Waals surface area contributed by atoms with Crippen molar-refractivity contribution in [3.63, 3.8) is 0 Å². The lowest BCUT2D eigenvalue weighted by molar-refractivity contribution is -0.118. The summed E-state index contributed by atoms with van der Waals surface area (Å²) in [6.07, 6.45) is 0.889. The van der Waals surface area contributed by atoms with E-state index in [2.05, 4.69) is 10.6 Å². The highest BCUT2D eigenvalue weighted by molar-refractivity contribution is 7.90. The topological polar surface area (TPSA) is 92.3 Å². The zero-order chi connectivity index (χ0) is 20.0. The molecule has 0 spiro atoms. The Bertz CT molecular complexity index is 950. The largest absolute Gasteiger partial charge is 0.340 e. The Labute approximate surface area is 161 Å². The van der Waals surface area contributed by atoms with Gasteiger partial charge in [0.25, 0.3) is 5.91 Å². The maximum atomic E-state index is 13.3. The zero-order valence-corrected chi connectivity index (χ0v) is 16.0. The molecule has 0 radical (unpaired) electrons. The Morgan fingerprint density at radius 3 is 2.48 bits per heavy atom. The monoisotopic (exact) mass is 412 g/mol. The van der Waals surface area contributed by atoms with E-state index in [1.165, 1.54) is 30.3 Å². The van der Waals surface area contributed by atoms with E-state index in [-0.39, 0.29) is 28.4 Å². The summed E-state index contributed by atoms with van der Waals surface area (Å²) in [5.74, 6) is -2.13. The lowest BCUT2D eigenvalue weighted by atomic mass is 10.1. The Balaban J connectivity index is 2.18. The highest BCUT2D eigenvalue weighted by atomic mass is 35.5. The number of nitrogens with one attached hydrogen (secondary N) is 2. The molecule has 2 aromatic rings. The number of carbonyl (C=O) groups excluding carboxylic acids is 2. The minimum Gasteiger partial charge on any atom is -0.340 e. The molecule has 2 amide bonds. The summed E-state index contributed by atoms with van der Waals surface area (Å²) in [4.78, 5) is 24.9. The van der Waals surface area contributed by atoms with Gasteiger partial charge >= 0.3 is 0 Å². The van der Waals surface area contributed by atoms with Crippen molar-refractivity contribution >= 4 is 38.9 Å². The van der Waals surface area contributed by atoms with Crippen LogP contribution in [0.5, 0.6) is 0 Å². The Morgan fingerprint density at radius 2 is 1.85 bits per heavy atom. The van der Waals surface area contributed by atoms with Gasteiger partial charge in [-0.3, -0.25) is 9.59 Å². The highest BCUT2D eigenvalue weighted by Crippen LogP contribution is 2.16. The van der Waals surface area contributed by atoms with Crippen LogP contribution in [0, 0.1) is 5.82 Å². The number of amides is 2. The van der Waals surface area contributed by atoms with E-state index in [1.807, 2.05) is 0 Å². The van der Waals surface area contributed by atoms with Crippen molar-refractivity contribution in [2.75, 3.05) is 17.3 Å². The highest BCUT2D eigenvalue weighted by Gasteiger charge is 2.24. The summed E-state index contributed by atoms with van der Waals surface area (Å²) in [6.45, 7) is 0. The van der Waals surface area contributed by atoms with Gasteiger partial charge < -0.3 is 10.6 Å². The van der Waals surface area contributed by atoms with E-state index in [4.69, 9.17) is 11.6 Å². The van der Waals surface area contributed by atoms with Crippen LogP contribution in [0.15, 0.2) is 48.5 Å². The van der Waals surface area contributed by atoms with Crippen LogP contribution < -0.4 is 10.6 Å². The maximum absolute atomic E-state index is 13.3. The van der Waals surface area contributed by atoms with Crippen molar-refractivity contribution in [1.82, 2.24) is 5.32 Å². The summed E-state index contributed by atoms with van der Waals surface area (Å²) < 4.78 is 36.2. The molecule has 0 aliphatic rings. The molecule has 0 aliphatic carbocycles. The van der Waals surface area contributed by atoms with Crippen molar-refractivity contribution in [1.29, 1.82) is 0 Å². The molecule has 0 saturated heterocycles.